The summed E-state index contributed by atoms with van der Waals surface area (Å²) in [6, 6.07) is 4.30. The molecule has 0 fully saturated rings. The van der Waals surface area contributed by atoms with Gasteiger partial charge in [0.05, 0.1) is 6.61 Å². The maximum absolute atomic E-state index is 5.77. The van der Waals surface area contributed by atoms with E-state index in [1.54, 1.807) is 0 Å². The second kappa shape index (κ2) is 6.06. The third-order valence-corrected chi connectivity index (χ3v) is 2.89. The molecule has 0 saturated heterocycles. The van der Waals surface area contributed by atoms with Crippen LogP contribution in [-0.2, 0) is 0 Å². The molecule has 0 amide bonds. The van der Waals surface area contributed by atoms with Crippen molar-refractivity contribution in [2.75, 3.05) is 12.4 Å². The van der Waals surface area contributed by atoms with Crippen LogP contribution in [0.5, 0.6) is 5.75 Å². The van der Waals surface area contributed by atoms with Gasteiger partial charge in [0.1, 0.15) is 5.75 Å². The van der Waals surface area contributed by atoms with Crippen LogP contribution < -0.4 is 4.74 Å². The van der Waals surface area contributed by atoms with Crippen LogP contribution in [0.1, 0.15) is 29.5 Å². The number of aryl methyl sites for hydroxylation is 2. The average Bonchev–Trinajstić information content (AvgIpc) is 2.19. The molecule has 1 aromatic carbocycles. The van der Waals surface area contributed by atoms with Crippen molar-refractivity contribution in [3.8, 4) is 5.75 Å². The first-order valence-electron chi connectivity index (χ1n) is 5.46. The van der Waals surface area contributed by atoms with E-state index < -0.39 is 0 Å². The molecule has 0 aliphatic rings. The van der Waals surface area contributed by atoms with Gasteiger partial charge in [0.25, 0.3) is 0 Å². The van der Waals surface area contributed by atoms with E-state index in [4.69, 9.17) is 4.74 Å². The van der Waals surface area contributed by atoms with E-state index in [-0.39, 0.29) is 0 Å². The van der Waals surface area contributed by atoms with Gasteiger partial charge in [0.15, 0.2) is 0 Å². The van der Waals surface area contributed by atoms with Gasteiger partial charge in [-0.05, 0) is 62.1 Å². The molecule has 0 heterocycles. The number of unbranched alkanes of at least 4 members (excludes halogenated alkanes) is 1. The van der Waals surface area contributed by atoms with Crippen molar-refractivity contribution in [1.29, 1.82) is 0 Å². The lowest BCUT2D eigenvalue weighted by Crippen LogP contribution is -2.00. The fourth-order valence-electron chi connectivity index (χ4n) is 1.55. The van der Waals surface area contributed by atoms with Crippen LogP contribution in [-0.4, -0.2) is 12.4 Å². The molecule has 0 saturated carbocycles. The van der Waals surface area contributed by atoms with Gasteiger partial charge in [0.2, 0.25) is 0 Å². The zero-order valence-electron chi connectivity index (χ0n) is 9.84. The Kier molecular flexibility index (Phi) is 5.03. The van der Waals surface area contributed by atoms with E-state index >= 15 is 0 Å². The molecular weight excluding hydrogens is 204 g/mol. The Hall–Kier alpha value is -0.630. The summed E-state index contributed by atoms with van der Waals surface area (Å²) in [6.45, 7) is 7.14. The van der Waals surface area contributed by atoms with Gasteiger partial charge in [-0.3, -0.25) is 0 Å². The highest BCUT2D eigenvalue weighted by Crippen LogP contribution is 2.23. The molecule has 0 aliphatic heterocycles. The standard InChI is InChI=1S/C13H20OS/c1-10-8-11(2)12(3)13(9-10)14-6-4-5-7-15/h8-9,15H,4-7H2,1-3H3. The van der Waals surface area contributed by atoms with Crippen LogP contribution in [0.4, 0.5) is 0 Å². The van der Waals surface area contributed by atoms with Crippen LogP contribution in [0.2, 0.25) is 0 Å². The van der Waals surface area contributed by atoms with Gasteiger partial charge in [-0.1, -0.05) is 6.07 Å². The van der Waals surface area contributed by atoms with E-state index in [9.17, 15) is 0 Å². The number of thiol groups is 1. The number of hydrogen-bond donors (Lipinski definition) is 1. The van der Waals surface area contributed by atoms with Crippen LogP contribution >= 0.6 is 12.6 Å². The number of benzene rings is 1. The molecule has 0 spiro atoms. The summed E-state index contributed by atoms with van der Waals surface area (Å²) in [7, 11) is 0. The van der Waals surface area contributed by atoms with Gasteiger partial charge in [0, 0.05) is 0 Å². The Labute approximate surface area is 98.3 Å². The maximum Gasteiger partial charge on any atom is 0.122 e. The van der Waals surface area contributed by atoms with E-state index in [0.717, 1.165) is 31.0 Å². The van der Waals surface area contributed by atoms with Crippen molar-refractivity contribution >= 4 is 12.6 Å². The molecule has 0 aliphatic carbocycles. The molecule has 0 unspecified atom stereocenters. The van der Waals surface area contributed by atoms with E-state index in [1.807, 2.05) is 0 Å². The summed E-state index contributed by atoms with van der Waals surface area (Å²) in [5.41, 5.74) is 3.83. The predicted octanol–water partition coefficient (Wildman–Crippen LogP) is 3.70. The minimum Gasteiger partial charge on any atom is -0.493 e. The highest BCUT2D eigenvalue weighted by Gasteiger charge is 2.03. The van der Waals surface area contributed by atoms with Crippen LogP contribution in [0, 0.1) is 20.8 Å². The van der Waals surface area contributed by atoms with E-state index in [2.05, 4.69) is 45.5 Å². The van der Waals surface area contributed by atoms with Gasteiger partial charge < -0.3 is 4.74 Å². The minimum atomic E-state index is 0.796. The topological polar surface area (TPSA) is 9.23 Å². The van der Waals surface area contributed by atoms with E-state index in [0.29, 0.717) is 0 Å². The molecule has 0 aromatic heterocycles. The Morgan fingerprint density at radius 1 is 1.13 bits per heavy atom. The second-order valence-corrected chi connectivity index (χ2v) is 4.43. The van der Waals surface area contributed by atoms with E-state index in [1.165, 1.54) is 16.7 Å². The number of rotatable bonds is 5. The summed E-state index contributed by atoms with van der Waals surface area (Å²) in [5.74, 6) is 1.97. The molecule has 1 nitrogen and oxygen atoms in total. The summed E-state index contributed by atoms with van der Waals surface area (Å²) in [6.07, 6.45) is 2.20. The highest BCUT2D eigenvalue weighted by atomic mass is 32.1. The molecule has 0 bridgehead atoms. The normalized spacial score (nSPS) is 10.4. The monoisotopic (exact) mass is 224 g/mol. The van der Waals surface area contributed by atoms with Gasteiger partial charge in [-0.15, -0.1) is 0 Å². The SMILES string of the molecule is Cc1cc(C)c(C)c(OCCCCS)c1. The largest absolute Gasteiger partial charge is 0.493 e. The Morgan fingerprint density at radius 2 is 1.87 bits per heavy atom. The zero-order valence-corrected chi connectivity index (χ0v) is 10.7. The zero-order chi connectivity index (χ0) is 11.3. The smallest absolute Gasteiger partial charge is 0.122 e. The van der Waals surface area contributed by atoms with Gasteiger partial charge in [-0.2, -0.15) is 12.6 Å². The van der Waals surface area contributed by atoms with Crippen molar-refractivity contribution in [2.45, 2.75) is 33.6 Å². The number of hydrogen-bond acceptors (Lipinski definition) is 2. The van der Waals surface area contributed by atoms with Crippen LogP contribution in [0.15, 0.2) is 12.1 Å². The lowest BCUT2D eigenvalue weighted by Gasteiger charge is -2.12. The Morgan fingerprint density at radius 3 is 2.53 bits per heavy atom. The molecule has 2 heteroatoms. The molecule has 1 rings (SSSR count). The summed E-state index contributed by atoms with van der Waals surface area (Å²) in [4.78, 5) is 0. The first kappa shape index (κ1) is 12.4. The minimum absolute atomic E-state index is 0.796. The van der Waals surface area contributed by atoms with Crippen LogP contribution in [0.25, 0.3) is 0 Å². The summed E-state index contributed by atoms with van der Waals surface area (Å²) >= 11 is 4.18. The van der Waals surface area contributed by atoms with Crippen molar-refractivity contribution in [2.24, 2.45) is 0 Å². The Bertz CT molecular complexity index is 321. The second-order valence-electron chi connectivity index (χ2n) is 3.98. The molecule has 15 heavy (non-hydrogen) atoms. The maximum atomic E-state index is 5.77. The summed E-state index contributed by atoms with van der Waals surface area (Å²) < 4.78 is 5.77. The fourth-order valence-corrected chi connectivity index (χ4v) is 1.77. The predicted molar refractivity (Wildman–Crippen MR) is 69.2 cm³/mol. The molecule has 0 radical (unpaired) electrons. The van der Waals surface area contributed by atoms with Crippen LogP contribution in [0.3, 0.4) is 0 Å². The first-order valence-corrected chi connectivity index (χ1v) is 6.10. The molecule has 84 valence electrons. The lowest BCUT2D eigenvalue weighted by atomic mass is 10.1. The first-order chi connectivity index (χ1) is 7.15. The van der Waals surface area contributed by atoms with Crippen molar-refractivity contribution in [1.82, 2.24) is 0 Å². The molecule has 1 aromatic rings. The van der Waals surface area contributed by atoms with Gasteiger partial charge in [-0.25, -0.2) is 0 Å². The lowest BCUT2D eigenvalue weighted by molar-refractivity contribution is 0.307. The Balaban J connectivity index is 2.60. The fraction of sp³-hybridized carbons (Fsp3) is 0.538. The third-order valence-electron chi connectivity index (χ3n) is 2.57. The molecular formula is C13H20OS. The molecule has 0 atom stereocenters. The average molecular weight is 224 g/mol. The van der Waals surface area contributed by atoms with Crippen molar-refractivity contribution in [3.05, 3.63) is 28.8 Å². The number of ether oxygens (including phenoxy) is 1. The quantitative estimate of drug-likeness (QED) is 0.592. The van der Waals surface area contributed by atoms with Crippen molar-refractivity contribution in [3.63, 3.8) is 0 Å². The third kappa shape index (κ3) is 3.78. The van der Waals surface area contributed by atoms with Gasteiger partial charge >= 0.3 is 0 Å². The molecule has 0 N–H and O–H groups in total. The summed E-state index contributed by atoms with van der Waals surface area (Å²) in [5, 5.41) is 0. The highest BCUT2D eigenvalue weighted by molar-refractivity contribution is 7.80. The van der Waals surface area contributed by atoms with Crippen molar-refractivity contribution < 1.29 is 4.74 Å².